The van der Waals surface area contributed by atoms with Gasteiger partial charge in [-0.05, 0) is 42.7 Å². The predicted molar refractivity (Wildman–Crippen MR) is 93.7 cm³/mol. The Hall–Kier alpha value is -0.670. The van der Waals surface area contributed by atoms with Crippen LogP contribution >= 0.6 is 23.4 Å². The number of piperidine rings is 1. The molecule has 0 N–H and O–H groups in total. The molecule has 0 aromatic heterocycles. The molecule has 2 aromatic carbocycles. The smallest absolute Gasteiger partial charge is 0.122 e. The van der Waals surface area contributed by atoms with Gasteiger partial charge in [-0.25, -0.2) is 0 Å². The molecule has 0 saturated carbocycles. The fraction of sp³-hybridized carbons (Fsp3) is 0.368. The van der Waals surface area contributed by atoms with Crippen molar-refractivity contribution in [1.29, 1.82) is 0 Å². The lowest BCUT2D eigenvalue weighted by Crippen LogP contribution is -3.00. The second kappa shape index (κ2) is 6.33. The highest BCUT2D eigenvalue weighted by Crippen LogP contribution is 2.53. The van der Waals surface area contributed by atoms with Crippen LogP contribution in [0.1, 0.15) is 35.9 Å². The number of likely N-dealkylation sites (tertiary alicyclic amines) is 1. The standard InChI is InChI=1S/C19H21ClNS.ClH/c1-21(2)11-5-7-15-14-6-3-4-8-17(14)22-18-10-9-13(20)12-16(18)19(15)21;/h3-4,6,8-10,12,15,19H,5,7,11H2,1-2H3;1H/q+1;/p-1. The van der Waals surface area contributed by atoms with Crippen LogP contribution in [0.3, 0.4) is 0 Å². The van der Waals surface area contributed by atoms with Crippen LogP contribution in [0, 0.1) is 0 Å². The zero-order valence-corrected chi connectivity index (χ0v) is 15.8. The van der Waals surface area contributed by atoms with Crippen molar-refractivity contribution in [2.24, 2.45) is 0 Å². The topological polar surface area (TPSA) is 0 Å². The van der Waals surface area contributed by atoms with Gasteiger partial charge in [-0.2, -0.15) is 0 Å². The van der Waals surface area contributed by atoms with Gasteiger partial charge in [0.05, 0.1) is 20.6 Å². The van der Waals surface area contributed by atoms with Crippen LogP contribution in [0.25, 0.3) is 0 Å². The molecule has 1 saturated heterocycles. The monoisotopic (exact) mass is 365 g/mol. The molecule has 1 fully saturated rings. The average molecular weight is 366 g/mol. The summed E-state index contributed by atoms with van der Waals surface area (Å²) in [6.45, 7) is 1.24. The van der Waals surface area contributed by atoms with Gasteiger partial charge >= 0.3 is 0 Å². The Morgan fingerprint density at radius 2 is 1.78 bits per heavy atom. The summed E-state index contributed by atoms with van der Waals surface area (Å²) >= 11 is 8.26. The molecular weight excluding hydrogens is 345 g/mol. The zero-order valence-electron chi connectivity index (χ0n) is 13.4. The Bertz CT molecular complexity index is 729. The first-order valence-corrected chi connectivity index (χ1v) is 9.14. The Kier molecular flexibility index (Phi) is 4.72. The molecule has 2 atom stereocenters. The normalized spacial score (nSPS) is 24.5. The zero-order chi connectivity index (χ0) is 15.3. The van der Waals surface area contributed by atoms with Gasteiger partial charge < -0.3 is 16.9 Å². The Morgan fingerprint density at radius 3 is 2.61 bits per heavy atom. The molecule has 0 radical (unpaired) electrons. The number of hydrogen-bond donors (Lipinski definition) is 0. The summed E-state index contributed by atoms with van der Waals surface area (Å²) in [5.41, 5.74) is 2.96. The van der Waals surface area contributed by atoms with Gasteiger partial charge in [0.15, 0.2) is 0 Å². The SMILES string of the molecule is C[N+]1(C)CCCC2c3ccccc3Sc3ccc(Cl)cc3C21.[Cl-]. The summed E-state index contributed by atoms with van der Waals surface area (Å²) in [5.74, 6) is 0.590. The Balaban J connectivity index is 0.00000156. The highest BCUT2D eigenvalue weighted by atomic mass is 35.5. The van der Waals surface area contributed by atoms with Crippen LogP contribution in [0.15, 0.2) is 52.3 Å². The summed E-state index contributed by atoms with van der Waals surface area (Å²) in [6.07, 6.45) is 2.57. The number of hydrogen-bond acceptors (Lipinski definition) is 1. The molecule has 0 spiro atoms. The summed E-state index contributed by atoms with van der Waals surface area (Å²) in [6, 6.07) is 15.9. The maximum absolute atomic E-state index is 6.35. The molecule has 4 rings (SSSR count). The average Bonchev–Trinajstić information content (AvgIpc) is 2.62. The molecule has 122 valence electrons. The fourth-order valence-corrected chi connectivity index (χ4v) is 5.60. The Labute approximate surface area is 154 Å². The fourth-order valence-electron chi connectivity index (χ4n) is 4.26. The van der Waals surface area contributed by atoms with Gasteiger partial charge in [0, 0.05) is 26.3 Å². The molecule has 2 aliphatic rings. The molecule has 2 aromatic rings. The number of nitrogens with zero attached hydrogens (tertiary/aromatic N) is 1. The molecule has 2 unspecified atom stereocenters. The van der Waals surface area contributed by atoms with E-state index in [9.17, 15) is 0 Å². The van der Waals surface area contributed by atoms with Crippen LogP contribution in [0.2, 0.25) is 5.02 Å². The molecule has 2 heterocycles. The van der Waals surface area contributed by atoms with Gasteiger partial charge in [0.1, 0.15) is 6.04 Å². The summed E-state index contributed by atoms with van der Waals surface area (Å²) in [5, 5.41) is 0.856. The maximum atomic E-state index is 6.35. The van der Waals surface area contributed by atoms with E-state index in [4.69, 9.17) is 11.6 Å². The highest BCUT2D eigenvalue weighted by Gasteiger charge is 2.44. The van der Waals surface area contributed by atoms with E-state index in [-0.39, 0.29) is 12.4 Å². The van der Waals surface area contributed by atoms with Crippen molar-refractivity contribution < 1.29 is 16.9 Å². The van der Waals surface area contributed by atoms with E-state index in [1.54, 1.807) is 0 Å². The third kappa shape index (κ3) is 2.91. The number of fused-ring (bicyclic) bond motifs is 5. The number of quaternary nitrogens is 1. The first-order chi connectivity index (χ1) is 10.6. The van der Waals surface area contributed by atoms with Gasteiger partial charge in [0.2, 0.25) is 0 Å². The minimum atomic E-state index is 0. The highest BCUT2D eigenvalue weighted by molar-refractivity contribution is 7.99. The number of halogens is 2. The van der Waals surface area contributed by atoms with Crippen LogP contribution in [0.4, 0.5) is 0 Å². The van der Waals surface area contributed by atoms with Gasteiger partial charge in [-0.15, -0.1) is 0 Å². The van der Waals surface area contributed by atoms with Crippen molar-refractivity contribution in [3.05, 3.63) is 58.6 Å². The molecular formula is C19H21Cl2NS. The van der Waals surface area contributed by atoms with E-state index in [2.05, 4.69) is 50.5 Å². The molecule has 0 aliphatic carbocycles. The van der Waals surface area contributed by atoms with E-state index in [0.717, 1.165) is 9.51 Å². The van der Waals surface area contributed by atoms with E-state index in [1.165, 1.54) is 40.3 Å². The first-order valence-electron chi connectivity index (χ1n) is 7.95. The van der Waals surface area contributed by atoms with Gasteiger partial charge in [-0.1, -0.05) is 41.6 Å². The molecule has 4 heteroatoms. The van der Waals surface area contributed by atoms with Gasteiger partial charge in [0.25, 0.3) is 0 Å². The van der Waals surface area contributed by atoms with Crippen LogP contribution in [-0.2, 0) is 0 Å². The van der Waals surface area contributed by atoms with Crippen molar-refractivity contribution in [1.82, 2.24) is 0 Å². The second-order valence-corrected chi connectivity index (χ2v) is 8.54. The summed E-state index contributed by atoms with van der Waals surface area (Å²) in [4.78, 5) is 2.79. The summed E-state index contributed by atoms with van der Waals surface area (Å²) in [7, 11) is 4.75. The van der Waals surface area contributed by atoms with Crippen LogP contribution in [0.5, 0.6) is 0 Å². The summed E-state index contributed by atoms with van der Waals surface area (Å²) < 4.78 is 1.05. The third-order valence-electron chi connectivity index (χ3n) is 5.21. The van der Waals surface area contributed by atoms with E-state index in [1.807, 2.05) is 17.8 Å². The minimum Gasteiger partial charge on any atom is -1.00 e. The van der Waals surface area contributed by atoms with E-state index in [0.29, 0.717) is 12.0 Å². The largest absolute Gasteiger partial charge is 1.00 e. The number of rotatable bonds is 0. The van der Waals surface area contributed by atoms with Gasteiger partial charge in [-0.3, -0.25) is 0 Å². The lowest BCUT2D eigenvalue weighted by molar-refractivity contribution is -0.928. The number of likely N-dealkylation sites (N-methyl/N-ethyl adjacent to an activating group) is 1. The Morgan fingerprint density at radius 1 is 1.04 bits per heavy atom. The third-order valence-corrected chi connectivity index (χ3v) is 6.63. The molecule has 23 heavy (non-hydrogen) atoms. The molecule has 0 bridgehead atoms. The lowest BCUT2D eigenvalue weighted by atomic mass is 9.79. The molecule has 0 amide bonds. The van der Waals surface area contributed by atoms with Crippen molar-refractivity contribution in [3.63, 3.8) is 0 Å². The quantitative estimate of drug-likeness (QED) is 0.646. The van der Waals surface area contributed by atoms with Crippen molar-refractivity contribution in [2.75, 3.05) is 20.6 Å². The maximum Gasteiger partial charge on any atom is 0.122 e. The first kappa shape index (κ1) is 17.2. The van der Waals surface area contributed by atoms with E-state index < -0.39 is 0 Å². The van der Waals surface area contributed by atoms with Crippen molar-refractivity contribution in [2.45, 2.75) is 34.6 Å². The van der Waals surface area contributed by atoms with Crippen LogP contribution in [-0.4, -0.2) is 25.1 Å². The molecule has 1 nitrogen and oxygen atoms in total. The van der Waals surface area contributed by atoms with Crippen molar-refractivity contribution in [3.8, 4) is 0 Å². The minimum absolute atomic E-state index is 0. The molecule has 2 aliphatic heterocycles. The van der Waals surface area contributed by atoms with Crippen LogP contribution < -0.4 is 12.4 Å². The van der Waals surface area contributed by atoms with Crippen molar-refractivity contribution >= 4 is 23.4 Å². The second-order valence-electron chi connectivity index (χ2n) is 7.02. The lowest BCUT2D eigenvalue weighted by Gasteiger charge is -2.46. The predicted octanol–water partition coefficient (Wildman–Crippen LogP) is 2.50. The number of benzene rings is 2. The van der Waals surface area contributed by atoms with E-state index >= 15 is 0 Å².